The van der Waals surface area contributed by atoms with Gasteiger partial charge in [0.1, 0.15) is 0 Å². The molecule has 16 heavy (non-hydrogen) atoms. The van der Waals surface area contributed by atoms with E-state index in [2.05, 4.69) is 0 Å². The number of β-amino-alcohol motifs (C(OH)–C–C–N with tert-alkyl or cyclic N) is 1. The molecular weight excluding hydrogens is 202 g/mol. The van der Waals surface area contributed by atoms with Crippen LogP contribution in [0.4, 0.5) is 0 Å². The SMILES string of the molecule is CC1(O)CCN(C(=O)CC2CCCCC2)C1. The monoisotopic (exact) mass is 225 g/mol. The maximum atomic E-state index is 12.0. The largest absolute Gasteiger partial charge is 0.388 e. The van der Waals surface area contributed by atoms with Gasteiger partial charge < -0.3 is 10.0 Å². The second-order valence-electron chi connectivity index (χ2n) is 5.77. The van der Waals surface area contributed by atoms with Crippen molar-refractivity contribution in [2.45, 2.75) is 57.5 Å². The van der Waals surface area contributed by atoms with Crippen molar-refractivity contribution in [3.05, 3.63) is 0 Å². The summed E-state index contributed by atoms with van der Waals surface area (Å²) in [5.74, 6) is 0.858. The first-order valence-corrected chi connectivity index (χ1v) is 6.57. The summed E-state index contributed by atoms with van der Waals surface area (Å²) in [7, 11) is 0. The first-order chi connectivity index (χ1) is 7.57. The minimum atomic E-state index is -0.651. The van der Waals surface area contributed by atoms with E-state index in [-0.39, 0.29) is 5.91 Å². The highest BCUT2D eigenvalue weighted by atomic mass is 16.3. The van der Waals surface area contributed by atoms with Gasteiger partial charge in [-0.3, -0.25) is 4.79 Å². The van der Waals surface area contributed by atoms with Crippen molar-refractivity contribution in [3.8, 4) is 0 Å². The Balaban J connectivity index is 1.79. The molecule has 0 aromatic heterocycles. The van der Waals surface area contributed by atoms with E-state index in [1.807, 2.05) is 11.8 Å². The van der Waals surface area contributed by atoms with Crippen molar-refractivity contribution < 1.29 is 9.90 Å². The summed E-state index contributed by atoms with van der Waals surface area (Å²) in [6.07, 6.45) is 7.78. The molecule has 1 N–H and O–H groups in total. The molecular formula is C13H23NO2. The predicted octanol–water partition coefficient (Wildman–Crippen LogP) is 1.94. The molecule has 1 heterocycles. The molecule has 1 saturated carbocycles. The first kappa shape index (κ1) is 11.9. The number of hydrogen-bond acceptors (Lipinski definition) is 2. The Kier molecular flexibility index (Phi) is 3.53. The third-order valence-corrected chi connectivity index (χ3v) is 3.99. The van der Waals surface area contributed by atoms with Crippen LogP contribution in [0, 0.1) is 5.92 Å². The van der Waals surface area contributed by atoms with E-state index in [4.69, 9.17) is 0 Å². The molecule has 3 nitrogen and oxygen atoms in total. The van der Waals surface area contributed by atoms with Crippen molar-refractivity contribution in [1.82, 2.24) is 4.90 Å². The Labute approximate surface area is 97.8 Å². The third-order valence-electron chi connectivity index (χ3n) is 3.99. The van der Waals surface area contributed by atoms with Crippen molar-refractivity contribution in [2.75, 3.05) is 13.1 Å². The van der Waals surface area contributed by atoms with Crippen LogP contribution >= 0.6 is 0 Å². The van der Waals surface area contributed by atoms with Crippen molar-refractivity contribution in [3.63, 3.8) is 0 Å². The average molecular weight is 225 g/mol. The lowest BCUT2D eigenvalue weighted by Crippen LogP contribution is -2.34. The van der Waals surface area contributed by atoms with Crippen molar-refractivity contribution >= 4 is 5.91 Å². The Morgan fingerprint density at radius 1 is 1.38 bits per heavy atom. The topological polar surface area (TPSA) is 40.5 Å². The molecule has 2 fully saturated rings. The number of likely N-dealkylation sites (tertiary alicyclic amines) is 1. The van der Waals surface area contributed by atoms with Crippen molar-refractivity contribution in [2.24, 2.45) is 5.92 Å². The van der Waals surface area contributed by atoms with Crippen LogP contribution in [0.3, 0.4) is 0 Å². The summed E-state index contributed by atoms with van der Waals surface area (Å²) >= 11 is 0. The Morgan fingerprint density at radius 2 is 2.06 bits per heavy atom. The summed E-state index contributed by atoms with van der Waals surface area (Å²) in [6.45, 7) is 3.08. The molecule has 2 aliphatic rings. The normalized spacial score (nSPS) is 32.0. The van der Waals surface area contributed by atoms with Crippen molar-refractivity contribution in [1.29, 1.82) is 0 Å². The molecule has 0 spiro atoms. The zero-order chi connectivity index (χ0) is 11.6. The average Bonchev–Trinajstić information content (AvgIpc) is 2.60. The van der Waals surface area contributed by atoms with Gasteiger partial charge >= 0.3 is 0 Å². The van der Waals surface area contributed by atoms with Crippen LogP contribution in [0.5, 0.6) is 0 Å². The summed E-state index contributed by atoms with van der Waals surface area (Å²) in [6, 6.07) is 0. The minimum Gasteiger partial charge on any atom is -0.388 e. The van der Waals surface area contributed by atoms with E-state index < -0.39 is 5.60 Å². The van der Waals surface area contributed by atoms with E-state index in [1.165, 1.54) is 32.1 Å². The molecule has 1 atom stereocenters. The Hall–Kier alpha value is -0.570. The van der Waals surface area contributed by atoms with E-state index >= 15 is 0 Å². The van der Waals surface area contributed by atoms with Gasteiger partial charge in [-0.2, -0.15) is 0 Å². The van der Waals surface area contributed by atoms with Crippen LogP contribution in [-0.4, -0.2) is 34.6 Å². The number of nitrogens with zero attached hydrogens (tertiary/aromatic N) is 1. The maximum Gasteiger partial charge on any atom is 0.222 e. The molecule has 0 bridgehead atoms. The fourth-order valence-corrected chi connectivity index (χ4v) is 2.93. The molecule has 1 aliphatic carbocycles. The molecule has 0 radical (unpaired) electrons. The smallest absolute Gasteiger partial charge is 0.222 e. The van der Waals surface area contributed by atoms with E-state index in [0.717, 1.165) is 13.0 Å². The molecule has 0 aromatic carbocycles. The third kappa shape index (κ3) is 2.97. The van der Waals surface area contributed by atoms with Gasteiger partial charge in [0.05, 0.1) is 5.60 Å². The number of hydrogen-bond donors (Lipinski definition) is 1. The van der Waals surface area contributed by atoms with Gasteiger partial charge in [0.25, 0.3) is 0 Å². The fraction of sp³-hybridized carbons (Fsp3) is 0.923. The molecule has 1 saturated heterocycles. The molecule has 1 unspecified atom stereocenters. The fourth-order valence-electron chi connectivity index (χ4n) is 2.93. The second kappa shape index (κ2) is 4.74. The molecule has 1 aliphatic heterocycles. The van der Waals surface area contributed by atoms with Crippen LogP contribution in [-0.2, 0) is 4.79 Å². The highest BCUT2D eigenvalue weighted by Crippen LogP contribution is 2.28. The second-order valence-corrected chi connectivity index (χ2v) is 5.77. The predicted molar refractivity (Wildman–Crippen MR) is 63.0 cm³/mol. The van der Waals surface area contributed by atoms with Crippen LogP contribution in [0.25, 0.3) is 0 Å². The molecule has 0 aromatic rings. The highest BCUT2D eigenvalue weighted by molar-refractivity contribution is 5.76. The van der Waals surface area contributed by atoms with Crippen LogP contribution in [0.15, 0.2) is 0 Å². The van der Waals surface area contributed by atoms with Crippen LogP contribution in [0.1, 0.15) is 51.9 Å². The zero-order valence-electron chi connectivity index (χ0n) is 10.2. The van der Waals surface area contributed by atoms with Gasteiger partial charge in [0.2, 0.25) is 5.91 Å². The number of carbonyl (C=O) groups is 1. The first-order valence-electron chi connectivity index (χ1n) is 6.57. The van der Waals surface area contributed by atoms with E-state index in [0.29, 0.717) is 18.9 Å². The highest BCUT2D eigenvalue weighted by Gasteiger charge is 2.34. The van der Waals surface area contributed by atoms with E-state index in [1.54, 1.807) is 0 Å². The maximum absolute atomic E-state index is 12.0. The summed E-state index contributed by atoms with van der Waals surface area (Å²) in [5.41, 5.74) is -0.651. The van der Waals surface area contributed by atoms with Crippen LogP contribution in [0.2, 0.25) is 0 Å². The quantitative estimate of drug-likeness (QED) is 0.780. The summed E-state index contributed by atoms with van der Waals surface area (Å²) in [4.78, 5) is 13.9. The summed E-state index contributed by atoms with van der Waals surface area (Å²) in [5, 5.41) is 9.83. The molecule has 3 heteroatoms. The van der Waals surface area contributed by atoms with Gasteiger partial charge in [-0.15, -0.1) is 0 Å². The van der Waals surface area contributed by atoms with Gasteiger partial charge in [-0.05, 0) is 32.1 Å². The Morgan fingerprint density at radius 3 is 2.62 bits per heavy atom. The number of amides is 1. The lowest BCUT2D eigenvalue weighted by atomic mass is 9.87. The van der Waals surface area contributed by atoms with Crippen LogP contribution < -0.4 is 0 Å². The lowest BCUT2D eigenvalue weighted by molar-refractivity contribution is -0.132. The van der Waals surface area contributed by atoms with Gasteiger partial charge in [-0.25, -0.2) is 0 Å². The Bertz CT molecular complexity index is 257. The molecule has 2 rings (SSSR count). The number of rotatable bonds is 2. The number of aliphatic hydroxyl groups is 1. The number of carbonyl (C=O) groups excluding carboxylic acids is 1. The van der Waals surface area contributed by atoms with Gasteiger partial charge in [0.15, 0.2) is 0 Å². The lowest BCUT2D eigenvalue weighted by Gasteiger charge is -2.24. The van der Waals surface area contributed by atoms with Gasteiger partial charge in [-0.1, -0.05) is 19.3 Å². The standard InChI is InChI=1S/C13H23NO2/c1-13(16)7-8-14(10-13)12(15)9-11-5-3-2-4-6-11/h11,16H,2-10H2,1H3. The minimum absolute atomic E-state index is 0.254. The van der Waals surface area contributed by atoms with E-state index in [9.17, 15) is 9.90 Å². The zero-order valence-corrected chi connectivity index (χ0v) is 10.2. The molecule has 1 amide bonds. The van der Waals surface area contributed by atoms with Gasteiger partial charge in [0, 0.05) is 19.5 Å². The molecule has 92 valence electrons. The summed E-state index contributed by atoms with van der Waals surface area (Å²) < 4.78 is 0.